The minimum Gasteiger partial charge on any atom is -0.345 e. The van der Waals surface area contributed by atoms with Crippen molar-refractivity contribution < 1.29 is 9.69 Å². The Bertz CT molecular complexity index is 637. The van der Waals surface area contributed by atoms with Crippen LogP contribution in [0, 0.1) is 6.92 Å². The van der Waals surface area contributed by atoms with E-state index in [0.29, 0.717) is 11.6 Å². The average Bonchev–Trinajstić information content (AvgIpc) is 2.50. The lowest BCUT2D eigenvalue weighted by atomic mass is 10.1. The van der Waals surface area contributed by atoms with Gasteiger partial charge in [-0.25, -0.2) is 0 Å². The molecule has 0 spiro atoms. The summed E-state index contributed by atoms with van der Waals surface area (Å²) in [6, 6.07) is 16.0. The normalized spacial score (nSPS) is 13.4. The molecule has 2 atom stereocenters. The first kappa shape index (κ1) is 17.5. The van der Waals surface area contributed by atoms with Gasteiger partial charge in [0.2, 0.25) is 0 Å². The zero-order valence-electron chi connectivity index (χ0n) is 13.9. The summed E-state index contributed by atoms with van der Waals surface area (Å²) in [5.74, 6) is 0.0528. The third kappa shape index (κ3) is 5.70. The van der Waals surface area contributed by atoms with E-state index >= 15 is 0 Å². The smallest absolute Gasteiger partial charge is 0.275 e. The van der Waals surface area contributed by atoms with Gasteiger partial charge in [-0.3, -0.25) is 4.79 Å². The maximum absolute atomic E-state index is 12.2. The highest BCUT2D eigenvalue weighted by molar-refractivity contribution is 6.30. The fraction of sp³-hybridized carbons (Fsp3) is 0.316. The summed E-state index contributed by atoms with van der Waals surface area (Å²) in [5.41, 5.74) is 3.55. The average molecular weight is 332 g/mol. The molecule has 2 N–H and O–H groups in total. The Morgan fingerprint density at radius 2 is 1.74 bits per heavy atom. The van der Waals surface area contributed by atoms with E-state index in [1.807, 2.05) is 38.2 Å². The van der Waals surface area contributed by atoms with Gasteiger partial charge in [-0.1, -0.05) is 53.6 Å². The number of nitrogens with one attached hydrogen (secondary N) is 2. The summed E-state index contributed by atoms with van der Waals surface area (Å²) < 4.78 is 0. The lowest BCUT2D eigenvalue weighted by Crippen LogP contribution is -3.08. The second-order valence-electron chi connectivity index (χ2n) is 6.14. The van der Waals surface area contributed by atoms with Gasteiger partial charge in [0.05, 0.1) is 13.1 Å². The molecule has 0 saturated carbocycles. The van der Waals surface area contributed by atoms with Crippen molar-refractivity contribution in [3.63, 3.8) is 0 Å². The van der Waals surface area contributed by atoms with Crippen LogP contribution in [0.4, 0.5) is 0 Å². The van der Waals surface area contributed by atoms with Crippen molar-refractivity contribution in [3.8, 4) is 0 Å². The summed E-state index contributed by atoms with van der Waals surface area (Å²) in [4.78, 5) is 13.4. The van der Waals surface area contributed by atoms with Crippen LogP contribution in [0.5, 0.6) is 0 Å². The van der Waals surface area contributed by atoms with Crippen LogP contribution in [-0.2, 0) is 11.3 Å². The highest BCUT2D eigenvalue weighted by atomic mass is 35.5. The van der Waals surface area contributed by atoms with Crippen molar-refractivity contribution in [2.75, 3.05) is 13.6 Å². The van der Waals surface area contributed by atoms with Gasteiger partial charge in [-0.2, -0.15) is 0 Å². The van der Waals surface area contributed by atoms with E-state index in [2.05, 4.69) is 36.5 Å². The molecule has 2 aromatic carbocycles. The van der Waals surface area contributed by atoms with E-state index in [-0.39, 0.29) is 11.9 Å². The summed E-state index contributed by atoms with van der Waals surface area (Å²) in [6.45, 7) is 5.34. The van der Waals surface area contributed by atoms with E-state index in [0.717, 1.165) is 17.0 Å². The van der Waals surface area contributed by atoms with Gasteiger partial charge in [0.25, 0.3) is 5.91 Å². The molecule has 3 nitrogen and oxygen atoms in total. The van der Waals surface area contributed by atoms with Crippen molar-refractivity contribution in [2.24, 2.45) is 0 Å². The van der Waals surface area contributed by atoms with E-state index in [9.17, 15) is 4.79 Å². The minimum atomic E-state index is -0.0214. The molecule has 2 rings (SSSR count). The molecule has 2 aromatic rings. The first-order valence-corrected chi connectivity index (χ1v) is 8.23. The summed E-state index contributed by atoms with van der Waals surface area (Å²) in [7, 11) is 2.03. The van der Waals surface area contributed by atoms with Crippen molar-refractivity contribution >= 4 is 17.5 Å². The molecular weight excluding hydrogens is 308 g/mol. The van der Waals surface area contributed by atoms with Gasteiger partial charge in [-0.05, 0) is 31.5 Å². The molecule has 0 heterocycles. The Hall–Kier alpha value is -1.84. The maximum atomic E-state index is 12.2. The topological polar surface area (TPSA) is 33.5 Å². The van der Waals surface area contributed by atoms with E-state index in [4.69, 9.17) is 11.6 Å². The van der Waals surface area contributed by atoms with Crippen LogP contribution in [0.15, 0.2) is 48.5 Å². The van der Waals surface area contributed by atoms with Crippen LogP contribution < -0.4 is 10.2 Å². The van der Waals surface area contributed by atoms with Crippen LogP contribution in [0.3, 0.4) is 0 Å². The fourth-order valence-corrected chi connectivity index (χ4v) is 2.64. The fourth-order valence-electron chi connectivity index (χ4n) is 2.52. The van der Waals surface area contributed by atoms with E-state index < -0.39 is 0 Å². The summed E-state index contributed by atoms with van der Waals surface area (Å²) in [5, 5.41) is 3.74. The van der Waals surface area contributed by atoms with Gasteiger partial charge in [-0.15, -0.1) is 0 Å². The molecule has 0 saturated heterocycles. The number of quaternary nitrogens is 1. The van der Waals surface area contributed by atoms with Crippen LogP contribution in [-0.4, -0.2) is 19.5 Å². The lowest BCUT2D eigenvalue weighted by Gasteiger charge is -2.17. The first-order chi connectivity index (χ1) is 10.9. The molecule has 0 aromatic heterocycles. The van der Waals surface area contributed by atoms with Gasteiger partial charge in [0, 0.05) is 10.6 Å². The molecule has 1 amide bonds. The highest BCUT2D eigenvalue weighted by Gasteiger charge is 2.14. The number of aryl methyl sites for hydroxylation is 1. The summed E-state index contributed by atoms with van der Waals surface area (Å²) in [6.07, 6.45) is 0. The lowest BCUT2D eigenvalue weighted by molar-refractivity contribution is -0.885. The molecule has 23 heavy (non-hydrogen) atoms. The highest BCUT2D eigenvalue weighted by Crippen LogP contribution is 2.15. The molecule has 0 aliphatic carbocycles. The molecule has 0 fully saturated rings. The van der Waals surface area contributed by atoms with Crippen molar-refractivity contribution in [1.82, 2.24) is 5.32 Å². The standard InChI is InChI=1S/C19H23ClN2O/c1-14-4-6-16(7-5-14)12-22(3)13-19(23)21-15(2)17-8-10-18(20)11-9-17/h4-11,15H,12-13H2,1-3H3,(H,21,23)/p+1/t15-/m0/s1. The van der Waals surface area contributed by atoms with Crippen LogP contribution in [0.1, 0.15) is 29.7 Å². The molecule has 0 radical (unpaired) electrons. The zero-order chi connectivity index (χ0) is 16.8. The van der Waals surface area contributed by atoms with Crippen LogP contribution in [0.2, 0.25) is 5.02 Å². The zero-order valence-corrected chi connectivity index (χ0v) is 14.7. The predicted molar refractivity (Wildman–Crippen MR) is 94.6 cm³/mol. The van der Waals surface area contributed by atoms with Gasteiger partial charge in [0.15, 0.2) is 6.54 Å². The quantitative estimate of drug-likeness (QED) is 0.838. The number of amides is 1. The summed E-state index contributed by atoms with van der Waals surface area (Å²) >= 11 is 5.89. The molecule has 4 heteroatoms. The van der Waals surface area contributed by atoms with Crippen molar-refractivity contribution in [2.45, 2.75) is 26.4 Å². The molecule has 0 aliphatic heterocycles. The Morgan fingerprint density at radius 1 is 1.13 bits per heavy atom. The predicted octanol–water partition coefficient (Wildman–Crippen LogP) is 2.54. The third-order valence-corrected chi connectivity index (χ3v) is 4.09. The van der Waals surface area contributed by atoms with Gasteiger partial charge < -0.3 is 10.2 Å². The van der Waals surface area contributed by atoms with E-state index in [1.54, 1.807) is 0 Å². The Kier molecular flexibility index (Phi) is 6.20. The Balaban J connectivity index is 1.83. The van der Waals surface area contributed by atoms with Crippen LogP contribution >= 0.6 is 11.6 Å². The SMILES string of the molecule is Cc1ccc(C[NH+](C)CC(=O)N[C@@H](C)c2ccc(Cl)cc2)cc1. The van der Waals surface area contributed by atoms with Gasteiger partial charge >= 0.3 is 0 Å². The van der Waals surface area contributed by atoms with Gasteiger partial charge in [0.1, 0.15) is 6.54 Å². The number of benzene rings is 2. The Morgan fingerprint density at radius 3 is 2.35 bits per heavy atom. The first-order valence-electron chi connectivity index (χ1n) is 7.85. The molecule has 0 bridgehead atoms. The number of likely N-dealkylation sites (N-methyl/N-ethyl adjacent to an activating group) is 1. The molecule has 0 aliphatic rings. The van der Waals surface area contributed by atoms with Crippen molar-refractivity contribution in [3.05, 3.63) is 70.2 Å². The number of hydrogen-bond donors (Lipinski definition) is 2. The monoisotopic (exact) mass is 331 g/mol. The van der Waals surface area contributed by atoms with Crippen molar-refractivity contribution in [1.29, 1.82) is 0 Å². The second-order valence-corrected chi connectivity index (χ2v) is 6.57. The van der Waals surface area contributed by atoms with E-state index in [1.165, 1.54) is 11.1 Å². The maximum Gasteiger partial charge on any atom is 0.275 e. The molecule has 1 unspecified atom stereocenters. The largest absolute Gasteiger partial charge is 0.345 e. The number of hydrogen-bond acceptors (Lipinski definition) is 1. The second kappa shape index (κ2) is 8.14. The third-order valence-electron chi connectivity index (χ3n) is 3.84. The molecule has 122 valence electrons. The Labute approximate surface area is 143 Å². The van der Waals surface area contributed by atoms with Crippen LogP contribution in [0.25, 0.3) is 0 Å². The number of rotatable bonds is 6. The number of carbonyl (C=O) groups excluding carboxylic acids is 1. The molecular formula is C19H24ClN2O+. The number of halogens is 1. The number of carbonyl (C=O) groups is 1. The minimum absolute atomic E-state index is 0.0214.